The fourth-order valence-corrected chi connectivity index (χ4v) is 2.27. The molecule has 0 saturated carbocycles. The highest BCUT2D eigenvalue weighted by Crippen LogP contribution is 2.26. The first-order valence-electron chi connectivity index (χ1n) is 5.89. The highest BCUT2D eigenvalue weighted by Gasteiger charge is 2.22. The first kappa shape index (κ1) is 11.5. The molecule has 7 heteroatoms. The number of nitrogens with zero attached hydrogens (tertiary/aromatic N) is 4. The molecule has 2 heterocycles. The van der Waals surface area contributed by atoms with Gasteiger partial charge in [-0.1, -0.05) is 0 Å². The number of nitrogen functional groups attached to an aromatic ring is 1. The Hall–Kier alpha value is -2.57. The number of benzene rings is 1. The maximum Gasteiger partial charge on any atom is 0.337 e. The molecule has 98 valence electrons. The largest absolute Gasteiger partial charge is 0.478 e. The van der Waals surface area contributed by atoms with E-state index in [0.29, 0.717) is 17.9 Å². The van der Waals surface area contributed by atoms with Crippen molar-refractivity contribution in [1.29, 1.82) is 0 Å². The Kier molecular flexibility index (Phi) is 2.59. The van der Waals surface area contributed by atoms with Gasteiger partial charge in [0, 0.05) is 18.8 Å². The fourth-order valence-electron chi connectivity index (χ4n) is 2.27. The number of aromatic nitrogens is 3. The van der Waals surface area contributed by atoms with Crippen LogP contribution in [0.3, 0.4) is 0 Å². The highest BCUT2D eigenvalue weighted by atomic mass is 16.4. The number of hydrogen-bond donors (Lipinski definition) is 2. The zero-order valence-electron chi connectivity index (χ0n) is 10.2. The van der Waals surface area contributed by atoms with Crippen molar-refractivity contribution in [3.63, 3.8) is 0 Å². The van der Waals surface area contributed by atoms with E-state index in [2.05, 4.69) is 10.2 Å². The van der Waals surface area contributed by atoms with Gasteiger partial charge in [0.05, 0.1) is 17.8 Å². The molecule has 19 heavy (non-hydrogen) atoms. The van der Waals surface area contributed by atoms with Crippen molar-refractivity contribution in [2.45, 2.75) is 13.1 Å². The Morgan fingerprint density at radius 1 is 1.37 bits per heavy atom. The maximum absolute atomic E-state index is 11.3. The van der Waals surface area contributed by atoms with Crippen molar-refractivity contribution in [3.05, 3.63) is 35.9 Å². The lowest BCUT2D eigenvalue weighted by molar-refractivity contribution is 0.0697. The minimum atomic E-state index is -0.977. The van der Waals surface area contributed by atoms with Gasteiger partial charge in [0.2, 0.25) is 0 Å². The number of fused-ring (bicyclic) bond motifs is 1. The molecule has 0 unspecified atom stereocenters. The molecule has 1 aromatic heterocycles. The summed E-state index contributed by atoms with van der Waals surface area (Å²) in [5.74, 6) is -0.145. The number of carbonyl (C=O) groups is 1. The summed E-state index contributed by atoms with van der Waals surface area (Å²) in [6.45, 7) is 2.01. The van der Waals surface area contributed by atoms with Crippen molar-refractivity contribution in [2.75, 3.05) is 17.2 Å². The van der Waals surface area contributed by atoms with Gasteiger partial charge in [0.25, 0.3) is 0 Å². The van der Waals surface area contributed by atoms with Crippen LogP contribution in [0.25, 0.3) is 0 Å². The summed E-state index contributed by atoms with van der Waals surface area (Å²) in [6.07, 6.45) is 1.69. The predicted octanol–water partition coefficient (Wildman–Crippen LogP) is 0.579. The van der Waals surface area contributed by atoms with Crippen molar-refractivity contribution >= 4 is 17.3 Å². The SMILES string of the molecule is Nc1ccc(N2CCn3cnnc3C2)c(C(=O)O)c1. The van der Waals surface area contributed by atoms with Gasteiger partial charge >= 0.3 is 5.97 Å². The van der Waals surface area contributed by atoms with Crippen LogP contribution < -0.4 is 10.6 Å². The van der Waals surface area contributed by atoms with Gasteiger partial charge in [-0.25, -0.2) is 4.79 Å². The Bertz CT molecular complexity index is 637. The molecular formula is C12H13N5O2. The predicted molar refractivity (Wildman–Crippen MR) is 68.9 cm³/mol. The van der Waals surface area contributed by atoms with Crippen LogP contribution in [0.1, 0.15) is 16.2 Å². The molecule has 7 nitrogen and oxygen atoms in total. The summed E-state index contributed by atoms with van der Waals surface area (Å²) in [6, 6.07) is 4.93. The summed E-state index contributed by atoms with van der Waals surface area (Å²) in [7, 11) is 0. The van der Waals surface area contributed by atoms with Crippen molar-refractivity contribution in [3.8, 4) is 0 Å². The second-order valence-electron chi connectivity index (χ2n) is 4.44. The molecule has 0 saturated heterocycles. The Morgan fingerprint density at radius 3 is 3.00 bits per heavy atom. The third-order valence-electron chi connectivity index (χ3n) is 3.23. The summed E-state index contributed by atoms with van der Waals surface area (Å²) < 4.78 is 1.97. The lowest BCUT2D eigenvalue weighted by Gasteiger charge is -2.30. The molecule has 1 aliphatic heterocycles. The first-order valence-corrected chi connectivity index (χ1v) is 5.89. The number of hydrogen-bond acceptors (Lipinski definition) is 5. The van der Waals surface area contributed by atoms with Crippen LogP contribution in [0.2, 0.25) is 0 Å². The van der Waals surface area contributed by atoms with Crippen LogP contribution in [0.15, 0.2) is 24.5 Å². The van der Waals surface area contributed by atoms with E-state index in [1.807, 2.05) is 9.47 Å². The number of nitrogens with two attached hydrogens (primary N) is 1. The summed E-state index contributed by atoms with van der Waals surface area (Å²) in [4.78, 5) is 13.3. The molecule has 1 aromatic carbocycles. The Balaban J connectivity index is 1.98. The minimum Gasteiger partial charge on any atom is -0.478 e. The van der Waals surface area contributed by atoms with Gasteiger partial charge < -0.3 is 20.3 Å². The fraction of sp³-hybridized carbons (Fsp3) is 0.250. The standard InChI is InChI=1S/C12H13N5O2/c13-8-1-2-10(9(5-8)12(18)19)16-3-4-17-7-14-15-11(17)6-16/h1-2,5,7H,3-4,6,13H2,(H,18,19). The van der Waals surface area contributed by atoms with Gasteiger partial charge in [-0.3, -0.25) is 0 Å². The molecule has 0 spiro atoms. The molecule has 0 fully saturated rings. The smallest absolute Gasteiger partial charge is 0.337 e. The molecule has 0 atom stereocenters. The third kappa shape index (κ3) is 1.99. The molecular weight excluding hydrogens is 246 g/mol. The van der Waals surface area contributed by atoms with Crippen LogP contribution in [0.5, 0.6) is 0 Å². The van der Waals surface area contributed by atoms with E-state index in [4.69, 9.17) is 5.73 Å². The highest BCUT2D eigenvalue weighted by molar-refractivity contribution is 5.95. The minimum absolute atomic E-state index is 0.216. The quantitative estimate of drug-likeness (QED) is 0.766. The average molecular weight is 259 g/mol. The van der Waals surface area contributed by atoms with Crippen LogP contribution in [0.4, 0.5) is 11.4 Å². The van der Waals surface area contributed by atoms with Crippen molar-refractivity contribution < 1.29 is 9.90 Å². The van der Waals surface area contributed by atoms with Crippen LogP contribution in [0, 0.1) is 0 Å². The van der Waals surface area contributed by atoms with Crippen LogP contribution >= 0.6 is 0 Å². The van der Waals surface area contributed by atoms with Crippen molar-refractivity contribution in [2.24, 2.45) is 0 Å². The second-order valence-corrected chi connectivity index (χ2v) is 4.44. The first-order chi connectivity index (χ1) is 9.15. The molecule has 2 aromatic rings. The van der Waals surface area contributed by atoms with Gasteiger partial charge in [-0.2, -0.15) is 0 Å². The van der Waals surface area contributed by atoms with Crippen LogP contribution in [-0.2, 0) is 13.1 Å². The van der Waals surface area contributed by atoms with Crippen LogP contribution in [-0.4, -0.2) is 32.4 Å². The van der Waals surface area contributed by atoms with Gasteiger partial charge in [0.15, 0.2) is 5.82 Å². The van der Waals surface area contributed by atoms with E-state index >= 15 is 0 Å². The lowest BCUT2D eigenvalue weighted by atomic mass is 10.1. The molecule has 0 radical (unpaired) electrons. The third-order valence-corrected chi connectivity index (χ3v) is 3.23. The topological polar surface area (TPSA) is 97.3 Å². The molecule has 0 aliphatic carbocycles. The van der Waals surface area contributed by atoms with Crippen molar-refractivity contribution in [1.82, 2.24) is 14.8 Å². The van der Waals surface area contributed by atoms with Gasteiger partial charge in [-0.05, 0) is 18.2 Å². The molecule has 3 N–H and O–H groups in total. The number of rotatable bonds is 2. The van der Waals surface area contributed by atoms with E-state index < -0.39 is 5.97 Å². The molecule has 3 rings (SSSR count). The number of carboxylic acid groups (broad SMARTS) is 1. The average Bonchev–Trinajstić information content (AvgIpc) is 2.85. The second kappa shape index (κ2) is 4.27. The van der Waals surface area contributed by atoms with E-state index in [0.717, 1.165) is 18.9 Å². The Labute approximate surface area is 109 Å². The number of aromatic carboxylic acids is 1. The van der Waals surface area contributed by atoms with Gasteiger partial charge in [-0.15, -0.1) is 10.2 Å². The monoisotopic (exact) mass is 259 g/mol. The molecule has 0 bridgehead atoms. The number of carboxylic acids is 1. The summed E-state index contributed by atoms with van der Waals surface area (Å²) in [5, 5.41) is 17.1. The zero-order valence-corrected chi connectivity index (χ0v) is 10.2. The van der Waals surface area contributed by atoms with E-state index in [9.17, 15) is 9.90 Å². The van der Waals surface area contributed by atoms with E-state index in [-0.39, 0.29) is 5.56 Å². The zero-order chi connectivity index (χ0) is 13.4. The number of anilines is 2. The lowest BCUT2D eigenvalue weighted by Crippen LogP contribution is -2.34. The molecule has 0 amide bonds. The summed E-state index contributed by atoms with van der Waals surface area (Å²) in [5.41, 5.74) is 6.97. The normalized spacial score (nSPS) is 14.2. The van der Waals surface area contributed by atoms with E-state index in [1.165, 1.54) is 6.07 Å². The Morgan fingerprint density at radius 2 is 2.21 bits per heavy atom. The maximum atomic E-state index is 11.3. The van der Waals surface area contributed by atoms with Gasteiger partial charge in [0.1, 0.15) is 6.33 Å². The van der Waals surface area contributed by atoms with E-state index in [1.54, 1.807) is 18.5 Å². The molecule has 1 aliphatic rings. The summed E-state index contributed by atoms with van der Waals surface area (Å²) >= 11 is 0.